The van der Waals surface area contributed by atoms with Crippen LogP contribution < -0.4 is 0 Å². The van der Waals surface area contributed by atoms with Crippen molar-refractivity contribution in [3.63, 3.8) is 0 Å². The quantitative estimate of drug-likeness (QED) is 0.830. The highest BCUT2D eigenvalue weighted by Crippen LogP contribution is 2.09. The highest BCUT2D eigenvalue weighted by atomic mass is 16.5. The Labute approximate surface area is 116 Å². The van der Waals surface area contributed by atoms with Crippen LogP contribution in [0.3, 0.4) is 0 Å². The summed E-state index contributed by atoms with van der Waals surface area (Å²) in [7, 11) is 1.83. The zero-order valence-electron chi connectivity index (χ0n) is 13.1. The molecule has 0 atom stereocenters. The van der Waals surface area contributed by atoms with E-state index in [0.717, 1.165) is 11.4 Å². The third-order valence-electron chi connectivity index (χ3n) is 2.26. The van der Waals surface area contributed by atoms with Crippen LogP contribution in [0.5, 0.6) is 0 Å². The van der Waals surface area contributed by atoms with Gasteiger partial charge in [0.15, 0.2) is 0 Å². The summed E-state index contributed by atoms with van der Waals surface area (Å²) >= 11 is 0. The third kappa shape index (κ3) is 6.74. The molecule has 19 heavy (non-hydrogen) atoms. The lowest BCUT2D eigenvalue weighted by Gasteiger charge is -1.93. The van der Waals surface area contributed by atoms with E-state index in [-0.39, 0.29) is 0 Å². The van der Waals surface area contributed by atoms with Gasteiger partial charge >= 0.3 is 0 Å². The molecule has 108 valence electrons. The van der Waals surface area contributed by atoms with Crippen LogP contribution in [-0.4, -0.2) is 20.2 Å². The van der Waals surface area contributed by atoms with E-state index >= 15 is 0 Å². The molecular formula is C14H26N4O. The summed E-state index contributed by atoms with van der Waals surface area (Å²) in [4.78, 5) is 1.58. The molecule has 0 radical (unpaired) electrons. The van der Waals surface area contributed by atoms with Crippen LogP contribution in [0.2, 0.25) is 0 Å². The van der Waals surface area contributed by atoms with Crippen LogP contribution in [0.1, 0.15) is 64.8 Å². The van der Waals surface area contributed by atoms with Gasteiger partial charge in [0, 0.05) is 13.1 Å². The first kappa shape index (κ1) is 17.4. The first-order chi connectivity index (χ1) is 9.00. The lowest BCUT2D eigenvalue weighted by Crippen LogP contribution is -1.94. The standard InChI is InChI=1S/C6H11N3.C6H9NO.C2H6/c1-5(2)6-4-7-9(3)8-6;1-5(2)6-3-4-8-7-6;1-2/h4-5H,1-3H3;3-5H,1-2H3;1-2H3. The molecule has 0 saturated heterocycles. The summed E-state index contributed by atoms with van der Waals surface area (Å²) in [6, 6.07) is 1.88. The third-order valence-corrected chi connectivity index (χ3v) is 2.26. The number of rotatable bonds is 2. The second-order valence-corrected chi connectivity index (χ2v) is 4.49. The maximum atomic E-state index is 4.63. The average Bonchev–Trinajstić information content (AvgIpc) is 3.02. The summed E-state index contributed by atoms with van der Waals surface area (Å²) in [6.45, 7) is 12.4. The fraction of sp³-hybridized carbons (Fsp3) is 0.643. The zero-order valence-corrected chi connectivity index (χ0v) is 13.1. The molecular weight excluding hydrogens is 240 g/mol. The van der Waals surface area contributed by atoms with Gasteiger partial charge < -0.3 is 4.52 Å². The molecule has 0 spiro atoms. The van der Waals surface area contributed by atoms with Gasteiger partial charge in [-0.05, 0) is 11.8 Å². The van der Waals surface area contributed by atoms with Gasteiger partial charge in [-0.2, -0.15) is 15.0 Å². The van der Waals surface area contributed by atoms with Gasteiger partial charge in [-0.15, -0.1) is 0 Å². The minimum absolute atomic E-state index is 0.480. The van der Waals surface area contributed by atoms with Crippen molar-refractivity contribution in [2.75, 3.05) is 0 Å². The van der Waals surface area contributed by atoms with Gasteiger partial charge in [0.1, 0.15) is 6.26 Å². The second-order valence-electron chi connectivity index (χ2n) is 4.49. The van der Waals surface area contributed by atoms with Crippen molar-refractivity contribution in [1.29, 1.82) is 0 Å². The van der Waals surface area contributed by atoms with E-state index in [1.54, 1.807) is 17.3 Å². The van der Waals surface area contributed by atoms with E-state index in [2.05, 4.69) is 47.6 Å². The molecule has 5 heteroatoms. The maximum absolute atomic E-state index is 4.63. The van der Waals surface area contributed by atoms with Crippen LogP contribution in [0, 0.1) is 0 Å². The Morgan fingerprint density at radius 3 is 1.84 bits per heavy atom. The number of hydrogen-bond acceptors (Lipinski definition) is 4. The van der Waals surface area contributed by atoms with E-state index in [1.807, 2.05) is 27.0 Å². The van der Waals surface area contributed by atoms with Gasteiger partial charge in [0.2, 0.25) is 0 Å². The van der Waals surface area contributed by atoms with Crippen LogP contribution >= 0.6 is 0 Å². The molecule has 2 aromatic heterocycles. The summed E-state index contributed by atoms with van der Waals surface area (Å²) in [5.41, 5.74) is 2.07. The van der Waals surface area contributed by atoms with Gasteiger partial charge in [-0.1, -0.05) is 46.7 Å². The van der Waals surface area contributed by atoms with Gasteiger partial charge in [0.05, 0.1) is 17.6 Å². The van der Waals surface area contributed by atoms with Crippen molar-refractivity contribution in [2.45, 2.75) is 53.4 Å². The summed E-state index contributed by atoms with van der Waals surface area (Å²) < 4.78 is 4.63. The molecule has 5 nitrogen and oxygen atoms in total. The SMILES string of the molecule is CC.CC(C)c1ccon1.CC(C)c1cnn(C)n1. The van der Waals surface area contributed by atoms with Crippen molar-refractivity contribution in [1.82, 2.24) is 20.2 Å². The maximum Gasteiger partial charge on any atom is 0.124 e. The number of aryl methyl sites for hydroxylation is 1. The minimum Gasteiger partial charge on any atom is -0.365 e. The second kappa shape index (κ2) is 9.30. The van der Waals surface area contributed by atoms with Crippen LogP contribution in [0.25, 0.3) is 0 Å². The lowest BCUT2D eigenvalue weighted by molar-refractivity contribution is 0.408. The van der Waals surface area contributed by atoms with Crippen molar-refractivity contribution in [3.8, 4) is 0 Å². The zero-order chi connectivity index (χ0) is 14.8. The number of hydrogen-bond donors (Lipinski definition) is 0. The Hall–Kier alpha value is -1.65. The molecule has 0 saturated carbocycles. The van der Waals surface area contributed by atoms with Crippen LogP contribution in [0.15, 0.2) is 23.0 Å². The molecule has 2 heterocycles. The molecule has 0 aliphatic carbocycles. The molecule has 2 rings (SSSR count). The van der Waals surface area contributed by atoms with E-state index in [4.69, 9.17) is 0 Å². The monoisotopic (exact) mass is 266 g/mol. The van der Waals surface area contributed by atoms with Crippen molar-refractivity contribution in [2.24, 2.45) is 7.05 Å². The summed E-state index contributed by atoms with van der Waals surface area (Å²) in [5.74, 6) is 0.965. The predicted octanol–water partition coefficient (Wildman–Crippen LogP) is 3.76. The number of aromatic nitrogens is 4. The fourth-order valence-corrected chi connectivity index (χ4v) is 1.15. The van der Waals surface area contributed by atoms with E-state index in [9.17, 15) is 0 Å². The van der Waals surface area contributed by atoms with E-state index in [1.165, 1.54) is 0 Å². The Morgan fingerprint density at radius 1 is 1.05 bits per heavy atom. The van der Waals surface area contributed by atoms with Gasteiger partial charge in [-0.25, -0.2) is 0 Å². The van der Waals surface area contributed by atoms with Crippen molar-refractivity contribution >= 4 is 0 Å². The first-order valence-corrected chi connectivity index (χ1v) is 6.77. The first-order valence-electron chi connectivity index (χ1n) is 6.77. The Morgan fingerprint density at radius 2 is 1.63 bits per heavy atom. The molecule has 0 aliphatic rings. The average molecular weight is 266 g/mol. The largest absolute Gasteiger partial charge is 0.365 e. The topological polar surface area (TPSA) is 56.7 Å². The molecule has 0 amide bonds. The number of nitrogens with zero attached hydrogens (tertiary/aromatic N) is 4. The molecule has 0 bridgehead atoms. The highest BCUT2D eigenvalue weighted by molar-refractivity contribution is 5.00. The Kier molecular flexibility index (Phi) is 8.49. The molecule has 0 unspecified atom stereocenters. The molecule has 0 N–H and O–H groups in total. The van der Waals surface area contributed by atoms with Gasteiger partial charge in [0.25, 0.3) is 0 Å². The molecule has 0 aliphatic heterocycles. The Balaban J connectivity index is 0.000000303. The molecule has 0 fully saturated rings. The fourth-order valence-electron chi connectivity index (χ4n) is 1.15. The van der Waals surface area contributed by atoms with E-state index < -0.39 is 0 Å². The van der Waals surface area contributed by atoms with Gasteiger partial charge in [-0.3, -0.25) is 0 Å². The van der Waals surface area contributed by atoms with Crippen LogP contribution in [0.4, 0.5) is 0 Å². The predicted molar refractivity (Wildman–Crippen MR) is 77.0 cm³/mol. The van der Waals surface area contributed by atoms with Crippen molar-refractivity contribution < 1.29 is 4.52 Å². The highest BCUT2D eigenvalue weighted by Gasteiger charge is 2.01. The molecule has 2 aromatic rings. The van der Waals surface area contributed by atoms with Crippen LogP contribution in [-0.2, 0) is 7.05 Å². The summed E-state index contributed by atoms with van der Waals surface area (Å²) in [6.07, 6.45) is 3.39. The Bertz CT molecular complexity index is 418. The smallest absolute Gasteiger partial charge is 0.124 e. The van der Waals surface area contributed by atoms with Crippen molar-refractivity contribution in [3.05, 3.63) is 29.9 Å². The lowest BCUT2D eigenvalue weighted by atomic mass is 10.1. The molecule has 0 aromatic carbocycles. The van der Waals surface area contributed by atoms with E-state index in [0.29, 0.717) is 11.8 Å². The normalized spacial score (nSPS) is 9.74. The summed E-state index contributed by atoms with van der Waals surface area (Å²) in [5, 5.41) is 11.8. The minimum atomic E-state index is 0.480.